The van der Waals surface area contributed by atoms with Crippen LogP contribution in [0.3, 0.4) is 0 Å². The molecule has 2 amide bonds. The lowest BCUT2D eigenvalue weighted by Crippen LogP contribution is -2.28. The Labute approximate surface area is 143 Å². The summed E-state index contributed by atoms with van der Waals surface area (Å²) in [6, 6.07) is 12.7. The number of carbonyl (C=O) groups is 3. The summed E-state index contributed by atoms with van der Waals surface area (Å²) in [4.78, 5) is 35.7. The number of benzene rings is 2. The zero-order valence-corrected chi connectivity index (χ0v) is 13.5. The van der Waals surface area contributed by atoms with Crippen molar-refractivity contribution in [2.24, 2.45) is 5.73 Å². The molecule has 2 aromatic carbocycles. The summed E-state index contributed by atoms with van der Waals surface area (Å²) in [6.07, 6.45) is 0.0449. The number of amides is 2. The van der Waals surface area contributed by atoms with Crippen LogP contribution in [-0.4, -0.2) is 28.6 Å². The number of nitrogens with two attached hydrogens (primary N) is 1. The highest BCUT2D eigenvalue weighted by Gasteiger charge is 2.15. The number of carbonyl (C=O) groups excluding carboxylic acids is 3. The molecule has 0 aliphatic carbocycles. The second kappa shape index (κ2) is 8.16. The number of hydrogen-bond donors (Lipinski definition) is 3. The summed E-state index contributed by atoms with van der Waals surface area (Å²) in [5, 5.41) is 11.7. The third kappa shape index (κ3) is 4.85. The highest BCUT2D eigenvalue weighted by molar-refractivity contribution is 8.14. The molecule has 0 aliphatic heterocycles. The van der Waals surface area contributed by atoms with E-state index in [0.29, 0.717) is 16.0 Å². The largest absolute Gasteiger partial charge is 0.508 e. The van der Waals surface area contributed by atoms with Crippen molar-refractivity contribution in [3.8, 4) is 5.75 Å². The Balaban J connectivity index is 2.12. The minimum Gasteiger partial charge on any atom is -0.508 e. The van der Waals surface area contributed by atoms with Gasteiger partial charge in [-0.25, -0.2) is 0 Å². The first-order chi connectivity index (χ1) is 11.5. The summed E-state index contributed by atoms with van der Waals surface area (Å²) in [5.41, 5.74) is 5.70. The van der Waals surface area contributed by atoms with Crippen LogP contribution in [0.15, 0.2) is 53.4 Å². The van der Waals surface area contributed by atoms with E-state index in [-0.39, 0.29) is 29.7 Å². The lowest BCUT2D eigenvalue weighted by molar-refractivity contribution is -0.117. The zero-order valence-electron chi connectivity index (χ0n) is 12.7. The SMILES string of the molecule is NC(=O)CCNC(=O)c1ccccc1SC(=O)c1cccc(O)c1. The van der Waals surface area contributed by atoms with E-state index in [4.69, 9.17) is 5.73 Å². The van der Waals surface area contributed by atoms with Gasteiger partial charge < -0.3 is 16.2 Å². The van der Waals surface area contributed by atoms with Gasteiger partial charge in [-0.05, 0) is 36.0 Å². The summed E-state index contributed by atoms with van der Waals surface area (Å²) < 4.78 is 0. The molecule has 0 aliphatic rings. The van der Waals surface area contributed by atoms with Gasteiger partial charge in [0.05, 0.1) is 5.56 Å². The van der Waals surface area contributed by atoms with Crippen molar-refractivity contribution in [3.63, 3.8) is 0 Å². The molecule has 0 saturated heterocycles. The van der Waals surface area contributed by atoms with Crippen molar-refractivity contribution >= 4 is 28.7 Å². The fraction of sp³-hybridized carbons (Fsp3) is 0.118. The number of aromatic hydroxyl groups is 1. The van der Waals surface area contributed by atoms with Gasteiger partial charge >= 0.3 is 0 Å². The average molecular weight is 344 g/mol. The second-order valence-electron chi connectivity index (χ2n) is 4.91. The lowest BCUT2D eigenvalue weighted by atomic mass is 10.2. The van der Waals surface area contributed by atoms with Gasteiger partial charge in [0.1, 0.15) is 5.75 Å². The van der Waals surface area contributed by atoms with Gasteiger partial charge in [0.15, 0.2) is 0 Å². The molecule has 4 N–H and O–H groups in total. The van der Waals surface area contributed by atoms with Crippen molar-refractivity contribution < 1.29 is 19.5 Å². The average Bonchev–Trinajstić information content (AvgIpc) is 2.55. The van der Waals surface area contributed by atoms with Crippen molar-refractivity contribution in [1.29, 1.82) is 0 Å². The van der Waals surface area contributed by atoms with Crippen LogP contribution in [0.5, 0.6) is 5.75 Å². The Kier molecular flexibility index (Phi) is 5.97. The molecule has 6 nitrogen and oxygen atoms in total. The number of phenols is 1. The van der Waals surface area contributed by atoms with Crippen molar-refractivity contribution in [3.05, 3.63) is 59.7 Å². The first kappa shape index (κ1) is 17.6. The molecule has 124 valence electrons. The van der Waals surface area contributed by atoms with E-state index in [1.165, 1.54) is 12.1 Å². The highest BCUT2D eigenvalue weighted by Crippen LogP contribution is 2.27. The standard InChI is InChI=1S/C17H16N2O4S/c18-15(21)8-9-19-16(22)13-6-1-2-7-14(13)24-17(23)11-4-3-5-12(20)10-11/h1-7,10,20H,8-9H2,(H2,18,21)(H,19,22). The number of rotatable bonds is 6. The van der Waals surface area contributed by atoms with Gasteiger partial charge in [0.25, 0.3) is 5.91 Å². The van der Waals surface area contributed by atoms with Gasteiger partial charge in [-0.15, -0.1) is 0 Å². The van der Waals surface area contributed by atoms with E-state index in [9.17, 15) is 19.5 Å². The Morgan fingerprint density at radius 1 is 1.08 bits per heavy atom. The smallest absolute Gasteiger partial charge is 0.252 e. The topological polar surface area (TPSA) is 109 Å². The summed E-state index contributed by atoms with van der Waals surface area (Å²) in [5.74, 6) is -0.890. The molecule has 2 aromatic rings. The van der Waals surface area contributed by atoms with Crippen molar-refractivity contribution in [2.75, 3.05) is 6.54 Å². The summed E-state index contributed by atoms with van der Waals surface area (Å²) >= 11 is 0.898. The van der Waals surface area contributed by atoms with Crippen LogP contribution in [0.1, 0.15) is 27.1 Å². The van der Waals surface area contributed by atoms with Crippen LogP contribution < -0.4 is 11.1 Å². The summed E-state index contributed by atoms with van der Waals surface area (Å²) in [6.45, 7) is 0.133. The highest BCUT2D eigenvalue weighted by atomic mass is 32.2. The third-order valence-corrected chi connectivity index (χ3v) is 4.07. The number of hydrogen-bond acceptors (Lipinski definition) is 5. The Morgan fingerprint density at radius 3 is 2.54 bits per heavy atom. The third-order valence-electron chi connectivity index (χ3n) is 3.07. The number of phenolic OH excluding ortho intramolecular Hbond substituents is 1. The van der Waals surface area contributed by atoms with E-state index in [1.807, 2.05) is 0 Å². The number of thioether (sulfide) groups is 1. The molecule has 0 spiro atoms. The van der Waals surface area contributed by atoms with Gasteiger partial charge in [0, 0.05) is 23.4 Å². The van der Waals surface area contributed by atoms with Crippen molar-refractivity contribution in [2.45, 2.75) is 11.3 Å². The second-order valence-corrected chi connectivity index (χ2v) is 5.92. The zero-order chi connectivity index (χ0) is 17.5. The van der Waals surface area contributed by atoms with Crippen LogP contribution in [0.2, 0.25) is 0 Å². The molecule has 0 fully saturated rings. The molecule has 0 heterocycles. The molecule has 0 bridgehead atoms. The lowest BCUT2D eigenvalue weighted by Gasteiger charge is -2.09. The normalized spacial score (nSPS) is 10.2. The molecule has 0 aromatic heterocycles. The molecular formula is C17H16N2O4S. The fourth-order valence-electron chi connectivity index (χ4n) is 1.93. The number of nitrogens with one attached hydrogen (secondary N) is 1. The molecule has 0 atom stereocenters. The van der Waals surface area contributed by atoms with E-state index in [0.717, 1.165) is 11.8 Å². The minimum absolute atomic E-state index is 0.000991. The van der Waals surface area contributed by atoms with Gasteiger partial charge in [-0.3, -0.25) is 14.4 Å². The van der Waals surface area contributed by atoms with Crippen LogP contribution >= 0.6 is 11.8 Å². The van der Waals surface area contributed by atoms with Gasteiger partial charge in [-0.2, -0.15) is 0 Å². The van der Waals surface area contributed by atoms with Crippen LogP contribution in [0.25, 0.3) is 0 Å². The maximum absolute atomic E-state index is 12.3. The van der Waals surface area contributed by atoms with E-state index in [1.54, 1.807) is 36.4 Å². The quantitative estimate of drug-likeness (QED) is 0.694. The molecule has 0 saturated carbocycles. The first-order valence-corrected chi connectivity index (χ1v) is 7.96. The van der Waals surface area contributed by atoms with Gasteiger partial charge in [0.2, 0.25) is 11.0 Å². The predicted molar refractivity (Wildman–Crippen MR) is 90.9 cm³/mol. The molecule has 2 rings (SSSR count). The van der Waals surface area contributed by atoms with Gasteiger partial charge in [-0.1, -0.05) is 24.3 Å². The maximum atomic E-state index is 12.3. The molecular weight excluding hydrogens is 328 g/mol. The molecule has 24 heavy (non-hydrogen) atoms. The first-order valence-electron chi connectivity index (χ1n) is 7.14. The van der Waals surface area contributed by atoms with Crippen LogP contribution in [0.4, 0.5) is 0 Å². The Bertz CT molecular complexity index is 777. The maximum Gasteiger partial charge on any atom is 0.252 e. The predicted octanol–water partition coefficient (Wildman–Crippen LogP) is 1.93. The van der Waals surface area contributed by atoms with Crippen molar-refractivity contribution in [1.82, 2.24) is 5.32 Å². The molecule has 0 unspecified atom stereocenters. The fourth-order valence-corrected chi connectivity index (χ4v) is 2.79. The van der Waals surface area contributed by atoms with E-state index in [2.05, 4.69) is 5.32 Å². The minimum atomic E-state index is -0.503. The van der Waals surface area contributed by atoms with E-state index >= 15 is 0 Å². The van der Waals surface area contributed by atoms with Crippen LogP contribution in [-0.2, 0) is 4.79 Å². The summed E-state index contributed by atoms with van der Waals surface area (Å²) in [7, 11) is 0. The van der Waals surface area contributed by atoms with Crippen LogP contribution in [0, 0.1) is 0 Å². The Hall–Kier alpha value is -2.80. The van der Waals surface area contributed by atoms with E-state index < -0.39 is 5.91 Å². The monoisotopic (exact) mass is 344 g/mol. The molecule has 7 heteroatoms. The Morgan fingerprint density at radius 2 is 1.83 bits per heavy atom. The molecule has 0 radical (unpaired) electrons. The number of primary amides is 1.